The van der Waals surface area contributed by atoms with Gasteiger partial charge >= 0.3 is 0 Å². The molecule has 3 rings (SSSR count). The third-order valence-electron chi connectivity index (χ3n) is 4.52. The molecule has 1 aromatic carbocycles. The number of aliphatic imine (C=N–C) groups is 1. The first-order chi connectivity index (χ1) is 13.2. The molecule has 152 valence electrons. The molecule has 1 aliphatic heterocycles. The van der Waals surface area contributed by atoms with Crippen LogP contribution in [0.4, 0.5) is 0 Å². The van der Waals surface area contributed by atoms with Crippen LogP contribution in [0.3, 0.4) is 0 Å². The summed E-state index contributed by atoms with van der Waals surface area (Å²) in [7, 11) is 0. The number of thiophene rings is 1. The lowest BCUT2D eigenvalue weighted by Gasteiger charge is -2.26. The van der Waals surface area contributed by atoms with Gasteiger partial charge in [0.15, 0.2) is 5.96 Å². The summed E-state index contributed by atoms with van der Waals surface area (Å²) in [5.74, 6) is 0.723. The fourth-order valence-electron chi connectivity index (χ4n) is 3.07. The van der Waals surface area contributed by atoms with Crippen LogP contribution in [0.5, 0.6) is 0 Å². The van der Waals surface area contributed by atoms with Crippen LogP contribution in [0, 0.1) is 0 Å². The Labute approximate surface area is 192 Å². The van der Waals surface area contributed by atoms with E-state index in [9.17, 15) is 4.79 Å². The van der Waals surface area contributed by atoms with E-state index in [0.29, 0.717) is 19.0 Å². The van der Waals surface area contributed by atoms with E-state index >= 15 is 0 Å². The highest BCUT2D eigenvalue weighted by molar-refractivity contribution is 14.0. The van der Waals surface area contributed by atoms with Crippen molar-refractivity contribution in [2.24, 2.45) is 4.99 Å². The molecule has 0 bridgehead atoms. The smallest absolute Gasteiger partial charge is 0.244 e. The maximum Gasteiger partial charge on any atom is 0.244 e. The normalized spacial score (nSPS) is 13.5. The molecule has 0 aliphatic carbocycles. The van der Waals surface area contributed by atoms with Gasteiger partial charge < -0.3 is 15.5 Å². The zero-order valence-corrected chi connectivity index (χ0v) is 19.8. The van der Waals surface area contributed by atoms with E-state index in [1.807, 2.05) is 36.1 Å². The lowest BCUT2D eigenvalue weighted by molar-refractivity contribution is -0.130. The number of carbonyl (C=O) groups excluding carboxylic acids is 1. The molecule has 1 aliphatic rings. The van der Waals surface area contributed by atoms with Crippen LogP contribution in [-0.4, -0.2) is 42.9 Å². The zero-order chi connectivity index (χ0) is 19.1. The second-order valence-corrected chi connectivity index (χ2v) is 7.81. The Morgan fingerprint density at radius 1 is 1.29 bits per heavy atom. The lowest BCUT2D eigenvalue weighted by Crippen LogP contribution is -2.41. The minimum absolute atomic E-state index is 0. The summed E-state index contributed by atoms with van der Waals surface area (Å²) in [5.41, 5.74) is 2.37. The van der Waals surface area contributed by atoms with Crippen molar-refractivity contribution < 1.29 is 4.79 Å². The molecule has 0 saturated heterocycles. The molecule has 0 unspecified atom stereocenters. The van der Waals surface area contributed by atoms with E-state index in [4.69, 9.17) is 11.6 Å². The quantitative estimate of drug-likeness (QED) is 0.339. The molecule has 0 radical (unpaired) electrons. The molecule has 0 saturated carbocycles. The molecule has 28 heavy (non-hydrogen) atoms. The number of hydrogen-bond acceptors (Lipinski definition) is 3. The van der Waals surface area contributed by atoms with Crippen LogP contribution in [-0.2, 0) is 24.2 Å². The molecule has 5 nitrogen and oxygen atoms in total. The van der Waals surface area contributed by atoms with Gasteiger partial charge in [0.25, 0.3) is 0 Å². The predicted molar refractivity (Wildman–Crippen MR) is 128 cm³/mol. The SMILES string of the molecule is CCNC(=NCC(=O)N1CCc2sccc2C1)NCCc1ccccc1Cl.I. The van der Waals surface area contributed by atoms with E-state index in [1.54, 1.807) is 11.3 Å². The van der Waals surface area contributed by atoms with Crippen molar-refractivity contribution in [3.63, 3.8) is 0 Å². The maximum atomic E-state index is 12.5. The highest BCUT2D eigenvalue weighted by Crippen LogP contribution is 2.23. The fraction of sp³-hybridized carbons (Fsp3) is 0.400. The molecule has 2 aromatic rings. The van der Waals surface area contributed by atoms with Crippen molar-refractivity contribution >= 4 is 58.8 Å². The maximum absolute atomic E-state index is 12.5. The van der Waals surface area contributed by atoms with Gasteiger partial charge in [-0.15, -0.1) is 35.3 Å². The van der Waals surface area contributed by atoms with E-state index < -0.39 is 0 Å². The summed E-state index contributed by atoms with van der Waals surface area (Å²) in [6, 6.07) is 9.94. The van der Waals surface area contributed by atoms with E-state index in [0.717, 1.165) is 36.5 Å². The van der Waals surface area contributed by atoms with Crippen LogP contribution in [0.1, 0.15) is 22.9 Å². The number of fused-ring (bicyclic) bond motifs is 1. The molecule has 1 aromatic heterocycles. The van der Waals surface area contributed by atoms with Gasteiger partial charge in [0.2, 0.25) is 5.91 Å². The van der Waals surface area contributed by atoms with Crippen molar-refractivity contribution in [2.45, 2.75) is 26.3 Å². The number of nitrogens with one attached hydrogen (secondary N) is 2. The van der Waals surface area contributed by atoms with Crippen LogP contribution >= 0.6 is 46.9 Å². The highest BCUT2D eigenvalue weighted by Gasteiger charge is 2.21. The van der Waals surface area contributed by atoms with E-state index in [1.165, 1.54) is 10.4 Å². The lowest BCUT2D eigenvalue weighted by atomic mass is 10.1. The van der Waals surface area contributed by atoms with Crippen LogP contribution in [0.15, 0.2) is 40.7 Å². The first kappa shape index (κ1) is 23.0. The number of carbonyl (C=O) groups is 1. The van der Waals surface area contributed by atoms with E-state index in [-0.39, 0.29) is 36.4 Å². The van der Waals surface area contributed by atoms with Crippen LogP contribution in [0.25, 0.3) is 0 Å². The molecule has 0 spiro atoms. The van der Waals surface area contributed by atoms with Crippen molar-refractivity contribution in [3.05, 3.63) is 56.7 Å². The first-order valence-corrected chi connectivity index (χ1v) is 10.5. The minimum atomic E-state index is 0. The van der Waals surface area contributed by atoms with Crippen LogP contribution < -0.4 is 10.6 Å². The number of hydrogen-bond donors (Lipinski definition) is 2. The van der Waals surface area contributed by atoms with Gasteiger partial charge in [-0.1, -0.05) is 29.8 Å². The fourth-order valence-corrected chi connectivity index (χ4v) is 4.19. The summed E-state index contributed by atoms with van der Waals surface area (Å²) in [6.45, 7) is 5.08. The van der Waals surface area contributed by atoms with Gasteiger partial charge in [-0.2, -0.15) is 0 Å². The molecule has 8 heteroatoms. The first-order valence-electron chi connectivity index (χ1n) is 9.26. The molecule has 2 heterocycles. The van der Waals surface area contributed by atoms with Crippen molar-refractivity contribution in [3.8, 4) is 0 Å². The number of rotatable bonds is 6. The summed E-state index contributed by atoms with van der Waals surface area (Å²) in [5, 5.41) is 9.34. The topological polar surface area (TPSA) is 56.7 Å². The Bertz CT molecular complexity index is 811. The Morgan fingerprint density at radius 2 is 2.11 bits per heavy atom. The number of benzene rings is 1. The second kappa shape index (κ2) is 11.6. The summed E-state index contributed by atoms with van der Waals surface area (Å²) >= 11 is 7.97. The molecule has 2 N–H and O–H groups in total. The van der Waals surface area contributed by atoms with Gasteiger partial charge in [-0.25, -0.2) is 4.99 Å². The Balaban J connectivity index is 0.00000280. The Kier molecular flexibility index (Phi) is 9.53. The van der Waals surface area contributed by atoms with Gasteiger partial charge in [0, 0.05) is 36.1 Å². The molecular formula is C20H26ClIN4OS. The number of halogens is 2. The Hall–Kier alpha value is -1.32. The minimum Gasteiger partial charge on any atom is -0.357 e. The molecule has 0 fully saturated rings. The highest BCUT2D eigenvalue weighted by atomic mass is 127. The van der Waals surface area contributed by atoms with Gasteiger partial charge in [-0.3, -0.25) is 4.79 Å². The number of guanidine groups is 1. The molecule has 1 amide bonds. The molecular weight excluding hydrogens is 507 g/mol. The van der Waals surface area contributed by atoms with Crippen LogP contribution in [0.2, 0.25) is 5.02 Å². The molecule has 0 atom stereocenters. The van der Waals surface area contributed by atoms with E-state index in [2.05, 4.69) is 27.1 Å². The zero-order valence-electron chi connectivity index (χ0n) is 15.9. The predicted octanol–water partition coefficient (Wildman–Crippen LogP) is 3.70. The average Bonchev–Trinajstić information content (AvgIpc) is 3.15. The Morgan fingerprint density at radius 3 is 2.89 bits per heavy atom. The van der Waals surface area contributed by atoms with Crippen molar-refractivity contribution in [1.29, 1.82) is 0 Å². The number of amides is 1. The standard InChI is InChI=1S/C20H25ClN4OS.HI/c1-2-22-20(23-10-7-15-5-3-4-6-17(15)21)24-13-19(26)25-11-8-18-16(14-25)9-12-27-18;/h3-6,9,12H,2,7-8,10-11,13-14H2,1H3,(H2,22,23,24);1H. The van der Waals surface area contributed by atoms with Crippen molar-refractivity contribution in [2.75, 3.05) is 26.2 Å². The third kappa shape index (κ3) is 6.35. The monoisotopic (exact) mass is 532 g/mol. The largest absolute Gasteiger partial charge is 0.357 e. The summed E-state index contributed by atoms with van der Waals surface area (Å²) < 4.78 is 0. The second-order valence-electron chi connectivity index (χ2n) is 6.40. The van der Waals surface area contributed by atoms with Gasteiger partial charge in [0.05, 0.1) is 0 Å². The average molecular weight is 533 g/mol. The third-order valence-corrected chi connectivity index (χ3v) is 5.91. The van der Waals surface area contributed by atoms with Gasteiger partial charge in [0.1, 0.15) is 6.54 Å². The summed E-state index contributed by atoms with van der Waals surface area (Å²) in [6.07, 6.45) is 1.74. The van der Waals surface area contributed by atoms with Gasteiger partial charge in [-0.05, 0) is 48.4 Å². The number of nitrogens with zero attached hydrogens (tertiary/aromatic N) is 2. The van der Waals surface area contributed by atoms with Crippen molar-refractivity contribution in [1.82, 2.24) is 15.5 Å². The summed E-state index contributed by atoms with van der Waals surface area (Å²) in [4.78, 5) is 20.3.